The van der Waals surface area contributed by atoms with Gasteiger partial charge in [-0.15, -0.1) is 0 Å². The van der Waals surface area contributed by atoms with Crippen LogP contribution in [0, 0.1) is 25.5 Å². The molecule has 0 unspecified atom stereocenters. The van der Waals surface area contributed by atoms with E-state index in [2.05, 4.69) is 15.3 Å². The van der Waals surface area contributed by atoms with Crippen LogP contribution in [0.1, 0.15) is 22.6 Å². The summed E-state index contributed by atoms with van der Waals surface area (Å²) in [5.74, 6) is 0.490. The highest BCUT2D eigenvalue weighted by atomic mass is 19.1. The van der Waals surface area contributed by atoms with Crippen molar-refractivity contribution in [3.63, 3.8) is 0 Å². The first-order valence-electron chi connectivity index (χ1n) is 7.31. The lowest BCUT2D eigenvalue weighted by Gasteiger charge is -2.21. The second-order valence-electron chi connectivity index (χ2n) is 5.36. The lowest BCUT2D eigenvalue weighted by Crippen LogP contribution is -2.16. The number of aromatic nitrogens is 2. The Morgan fingerprint density at radius 1 is 1.22 bits per heavy atom. The normalized spacial score (nSPS) is 13.4. The quantitative estimate of drug-likeness (QED) is 0.938. The molecule has 0 bridgehead atoms. The molecule has 23 heavy (non-hydrogen) atoms. The van der Waals surface area contributed by atoms with Gasteiger partial charge in [-0.1, -0.05) is 0 Å². The van der Waals surface area contributed by atoms with Gasteiger partial charge < -0.3 is 14.8 Å². The molecule has 1 N–H and O–H groups in total. The summed E-state index contributed by atoms with van der Waals surface area (Å²) in [5.41, 5.74) is 1.70. The molecule has 1 aliphatic rings. The van der Waals surface area contributed by atoms with Crippen molar-refractivity contribution in [1.82, 2.24) is 9.97 Å². The van der Waals surface area contributed by atoms with Gasteiger partial charge >= 0.3 is 0 Å². The summed E-state index contributed by atoms with van der Waals surface area (Å²) in [6.07, 6.45) is 0.474. The summed E-state index contributed by atoms with van der Waals surface area (Å²) in [7, 11) is 0. The molecular weight excluding hydrogens is 304 g/mol. The van der Waals surface area contributed by atoms with E-state index >= 15 is 0 Å². The summed E-state index contributed by atoms with van der Waals surface area (Å²) in [6, 6.07) is 2.83. The molecule has 0 saturated heterocycles. The molecule has 7 heteroatoms. The number of hydrogen-bond donors (Lipinski definition) is 1. The molecule has 0 saturated carbocycles. The van der Waals surface area contributed by atoms with Crippen LogP contribution in [0.5, 0.6) is 5.75 Å². The first-order chi connectivity index (χ1) is 11.0. The Morgan fingerprint density at radius 3 is 2.87 bits per heavy atom. The van der Waals surface area contributed by atoms with E-state index in [1.165, 1.54) is 12.1 Å². The lowest BCUT2D eigenvalue weighted by molar-refractivity contribution is -0.0172. The number of aryl methyl sites for hydroxylation is 2. The van der Waals surface area contributed by atoms with Gasteiger partial charge in [0.1, 0.15) is 17.4 Å². The van der Waals surface area contributed by atoms with Crippen LogP contribution < -0.4 is 10.1 Å². The van der Waals surface area contributed by atoms with Crippen molar-refractivity contribution in [3.05, 3.63) is 46.4 Å². The number of hydrogen-bond acceptors (Lipinski definition) is 5. The van der Waals surface area contributed by atoms with Gasteiger partial charge in [-0.05, 0) is 38.0 Å². The molecule has 3 rings (SSSR count). The summed E-state index contributed by atoms with van der Waals surface area (Å²) < 4.78 is 38.2. The topological polar surface area (TPSA) is 56.3 Å². The number of anilines is 1. The maximum atomic E-state index is 14.0. The van der Waals surface area contributed by atoms with Crippen molar-refractivity contribution >= 4 is 5.82 Å². The average molecular weight is 321 g/mol. The van der Waals surface area contributed by atoms with Crippen LogP contribution >= 0.6 is 0 Å². The largest absolute Gasteiger partial charge is 0.467 e. The molecule has 2 aromatic rings. The fourth-order valence-corrected chi connectivity index (χ4v) is 2.57. The first kappa shape index (κ1) is 15.6. The van der Waals surface area contributed by atoms with Crippen LogP contribution in [0.15, 0.2) is 12.1 Å². The smallest absolute Gasteiger partial charge is 0.189 e. The molecular formula is C16H17F2N3O2. The molecule has 0 amide bonds. The predicted octanol–water partition coefficient (Wildman–Crippen LogP) is 2.89. The number of fused-ring (bicyclic) bond motifs is 1. The summed E-state index contributed by atoms with van der Waals surface area (Å²) in [5, 5.41) is 2.93. The molecule has 5 nitrogen and oxygen atoms in total. The molecule has 122 valence electrons. The maximum Gasteiger partial charge on any atom is 0.189 e. The summed E-state index contributed by atoms with van der Waals surface area (Å²) >= 11 is 0. The number of nitrogens with one attached hydrogen (secondary N) is 1. The van der Waals surface area contributed by atoms with E-state index in [1.54, 1.807) is 13.8 Å². The lowest BCUT2D eigenvalue weighted by atomic mass is 10.1. The zero-order valence-corrected chi connectivity index (χ0v) is 12.9. The van der Waals surface area contributed by atoms with Gasteiger partial charge in [-0.3, -0.25) is 0 Å². The predicted molar refractivity (Wildman–Crippen MR) is 80.3 cm³/mol. The van der Waals surface area contributed by atoms with E-state index in [-0.39, 0.29) is 18.4 Å². The molecule has 0 fully saturated rings. The third-order valence-corrected chi connectivity index (χ3v) is 3.57. The zero-order valence-electron chi connectivity index (χ0n) is 12.9. The number of halogens is 2. The van der Waals surface area contributed by atoms with Crippen LogP contribution in [0.3, 0.4) is 0 Å². The minimum absolute atomic E-state index is 0.151. The van der Waals surface area contributed by atoms with Gasteiger partial charge in [0, 0.05) is 12.1 Å². The van der Waals surface area contributed by atoms with Crippen molar-refractivity contribution in [2.75, 3.05) is 18.7 Å². The van der Waals surface area contributed by atoms with Gasteiger partial charge in [-0.25, -0.2) is 18.7 Å². The minimum atomic E-state index is -0.471. The van der Waals surface area contributed by atoms with Crippen molar-refractivity contribution in [2.24, 2.45) is 0 Å². The Labute approximate surface area is 132 Å². The highest BCUT2D eigenvalue weighted by Crippen LogP contribution is 2.29. The van der Waals surface area contributed by atoms with Crippen LogP contribution in [-0.4, -0.2) is 23.3 Å². The third-order valence-electron chi connectivity index (χ3n) is 3.57. The van der Waals surface area contributed by atoms with Crippen LogP contribution in [0.25, 0.3) is 0 Å². The van der Waals surface area contributed by atoms with Crippen LogP contribution in [0.2, 0.25) is 0 Å². The first-order valence-corrected chi connectivity index (χ1v) is 7.31. The van der Waals surface area contributed by atoms with E-state index in [1.807, 2.05) is 0 Å². The average Bonchev–Trinajstić information content (AvgIpc) is 2.51. The molecule has 0 radical (unpaired) electrons. The zero-order chi connectivity index (χ0) is 16.4. The molecule has 1 aliphatic heterocycles. The van der Waals surface area contributed by atoms with E-state index in [4.69, 9.17) is 9.47 Å². The SMILES string of the molecule is Cc1nc(C)c(F)c(NCCc2cc(F)cc3c2OCOC3)n1. The minimum Gasteiger partial charge on any atom is -0.467 e. The Balaban J connectivity index is 1.73. The molecule has 0 atom stereocenters. The van der Waals surface area contributed by atoms with Gasteiger partial charge in [0.25, 0.3) is 0 Å². The Morgan fingerprint density at radius 2 is 2.04 bits per heavy atom. The molecule has 2 heterocycles. The van der Waals surface area contributed by atoms with Crippen molar-refractivity contribution < 1.29 is 18.3 Å². The maximum absolute atomic E-state index is 14.0. The Kier molecular flexibility index (Phi) is 4.38. The Hall–Kier alpha value is -2.28. The summed E-state index contributed by atoms with van der Waals surface area (Å²) in [4.78, 5) is 8.01. The van der Waals surface area contributed by atoms with E-state index < -0.39 is 5.82 Å². The number of rotatable bonds is 4. The van der Waals surface area contributed by atoms with Crippen LogP contribution in [0.4, 0.5) is 14.6 Å². The third kappa shape index (κ3) is 3.39. The van der Waals surface area contributed by atoms with E-state index in [0.29, 0.717) is 42.4 Å². The van der Waals surface area contributed by atoms with E-state index in [9.17, 15) is 8.78 Å². The van der Waals surface area contributed by atoms with Crippen molar-refractivity contribution in [2.45, 2.75) is 26.9 Å². The number of ether oxygens (including phenoxy) is 2. The van der Waals surface area contributed by atoms with Crippen molar-refractivity contribution in [3.8, 4) is 5.75 Å². The van der Waals surface area contributed by atoms with E-state index in [0.717, 1.165) is 5.56 Å². The fraction of sp³-hybridized carbons (Fsp3) is 0.375. The number of benzene rings is 1. The van der Waals surface area contributed by atoms with Gasteiger partial charge in [0.05, 0.1) is 12.3 Å². The monoisotopic (exact) mass is 321 g/mol. The Bertz CT molecular complexity index is 738. The molecule has 0 spiro atoms. The summed E-state index contributed by atoms with van der Waals surface area (Å²) in [6.45, 7) is 4.16. The van der Waals surface area contributed by atoms with Gasteiger partial charge in [-0.2, -0.15) is 0 Å². The van der Waals surface area contributed by atoms with Crippen molar-refractivity contribution in [1.29, 1.82) is 0 Å². The fourth-order valence-electron chi connectivity index (χ4n) is 2.57. The molecule has 0 aliphatic carbocycles. The second kappa shape index (κ2) is 6.45. The number of nitrogens with zero attached hydrogens (tertiary/aromatic N) is 2. The van der Waals surface area contributed by atoms with Crippen LogP contribution in [-0.2, 0) is 17.8 Å². The highest BCUT2D eigenvalue weighted by Gasteiger charge is 2.17. The highest BCUT2D eigenvalue weighted by molar-refractivity contribution is 5.44. The molecule has 1 aromatic carbocycles. The van der Waals surface area contributed by atoms with Gasteiger partial charge in [0.2, 0.25) is 0 Å². The van der Waals surface area contributed by atoms with Gasteiger partial charge in [0.15, 0.2) is 18.4 Å². The molecule has 1 aromatic heterocycles. The second-order valence-corrected chi connectivity index (χ2v) is 5.36. The standard InChI is InChI=1S/C16H17F2N3O2/c1-9-14(18)16(21-10(2)20-9)19-4-3-11-5-13(17)6-12-7-22-8-23-15(11)12/h5-6H,3-4,7-8H2,1-2H3,(H,19,20,21).